The first kappa shape index (κ1) is 13.7. The molecule has 3 nitrogen and oxygen atoms in total. The summed E-state index contributed by atoms with van der Waals surface area (Å²) in [4.78, 5) is 0.260. The van der Waals surface area contributed by atoms with Crippen LogP contribution in [0.15, 0.2) is 54.7 Å². The molecule has 21 heavy (non-hydrogen) atoms. The van der Waals surface area contributed by atoms with Gasteiger partial charge < -0.3 is 4.57 Å². The molecule has 0 aliphatic heterocycles. The maximum absolute atomic E-state index is 13.8. The number of aromatic nitrogens is 1. The number of nitrogens with zero attached hydrogens (tertiary/aromatic N) is 1. The maximum Gasteiger partial charge on any atom is 0.130 e. The summed E-state index contributed by atoms with van der Waals surface area (Å²) in [7, 11) is 0. The summed E-state index contributed by atoms with van der Waals surface area (Å²) in [5.41, 5.74) is 4.26. The molecule has 0 saturated heterocycles. The number of nitrogens with one attached hydrogen (secondary N) is 1. The van der Waals surface area contributed by atoms with Gasteiger partial charge in [-0.25, -0.2) is 4.39 Å². The predicted molar refractivity (Wildman–Crippen MR) is 84.1 cm³/mol. The largest absolute Gasteiger partial charge is 0.343 e. The van der Waals surface area contributed by atoms with Gasteiger partial charge in [0.05, 0.1) is 6.54 Å². The fourth-order valence-corrected chi connectivity index (χ4v) is 2.46. The SMILES string of the molecule is ONC(=S)c1ccc2ccn(Cc3ccccc3F)c2c1. The minimum atomic E-state index is -0.219. The number of halogens is 1. The Morgan fingerprint density at radius 1 is 1.19 bits per heavy atom. The first-order valence-electron chi connectivity index (χ1n) is 6.46. The molecule has 0 aliphatic carbocycles. The van der Waals surface area contributed by atoms with Crippen molar-refractivity contribution in [3.63, 3.8) is 0 Å². The highest BCUT2D eigenvalue weighted by Gasteiger charge is 2.07. The van der Waals surface area contributed by atoms with E-state index in [2.05, 4.69) is 0 Å². The van der Waals surface area contributed by atoms with Crippen molar-refractivity contribution in [1.29, 1.82) is 0 Å². The Hall–Kier alpha value is -2.24. The molecule has 0 atom stereocenters. The molecule has 0 bridgehead atoms. The molecule has 2 N–H and O–H groups in total. The monoisotopic (exact) mass is 300 g/mol. The number of hydroxylamine groups is 1. The number of hydrogen-bond donors (Lipinski definition) is 2. The van der Waals surface area contributed by atoms with Crippen molar-refractivity contribution in [3.8, 4) is 0 Å². The van der Waals surface area contributed by atoms with Crippen LogP contribution in [0.2, 0.25) is 0 Å². The summed E-state index contributed by atoms with van der Waals surface area (Å²) < 4.78 is 15.7. The van der Waals surface area contributed by atoms with Crippen LogP contribution in [-0.2, 0) is 6.54 Å². The molecular weight excluding hydrogens is 287 g/mol. The molecule has 0 amide bonds. The first-order chi connectivity index (χ1) is 10.2. The summed E-state index contributed by atoms with van der Waals surface area (Å²) in [6, 6.07) is 14.3. The van der Waals surface area contributed by atoms with Crippen LogP contribution in [0.25, 0.3) is 10.9 Å². The van der Waals surface area contributed by atoms with Crippen LogP contribution in [0.3, 0.4) is 0 Å². The van der Waals surface area contributed by atoms with Gasteiger partial charge in [0.1, 0.15) is 10.8 Å². The van der Waals surface area contributed by atoms with E-state index in [1.54, 1.807) is 12.1 Å². The molecule has 3 rings (SSSR count). The Kier molecular flexibility index (Phi) is 3.68. The van der Waals surface area contributed by atoms with E-state index in [4.69, 9.17) is 17.4 Å². The van der Waals surface area contributed by atoms with E-state index in [9.17, 15) is 4.39 Å². The van der Waals surface area contributed by atoms with Gasteiger partial charge in [-0.2, -0.15) is 0 Å². The van der Waals surface area contributed by atoms with Crippen LogP contribution < -0.4 is 5.48 Å². The highest BCUT2D eigenvalue weighted by Crippen LogP contribution is 2.20. The standard InChI is InChI=1S/C16H13FN2OS/c17-14-4-2-1-3-13(14)10-19-8-7-11-5-6-12(9-15(11)19)16(21)18-20/h1-9,20H,10H2,(H,18,21). The molecule has 5 heteroatoms. The van der Waals surface area contributed by atoms with Gasteiger partial charge in [0.15, 0.2) is 0 Å². The lowest BCUT2D eigenvalue weighted by Crippen LogP contribution is -2.17. The van der Waals surface area contributed by atoms with Crippen LogP contribution in [0.1, 0.15) is 11.1 Å². The quantitative estimate of drug-likeness (QED) is 0.574. The lowest BCUT2D eigenvalue weighted by molar-refractivity contribution is 0.238. The lowest BCUT2D eigenvalue weighted by atomic mass is 10.1. The second-order valence-electron chi connectivity index (χ2n) is 4.75. The molecule has 0 spiro atoms. The van der Waals surface area contributed by atoms with E-state index in [1.807, 2.05) is 46.6 Å². The minimum absolute atomic E-state index is 0.219. The maximum atomic E-state index is 13.8. The van der Waals surface area contributed by atoms with Gasteiger partial charge in [-0.1, -0.05) is 42.5 Å². The van der Waals surface area contributed by atoms with E-state index in [1.165, 1.54) is 6.07 Å². The van der Waals surface area contributed by atoms with E-state index in [0.717, 1.165) is 10.9 Å². The Morgan fingerprint density at radius 2 is 2.00 bits per heavy atom. The van der Waals surface area contributed by atoms with Crippen LogP contribution in [0.5, 0.6) is 0 Å². The van der Waals surface area contributed by atoms with Crippen molar-refractivity contribution in [2.24, 2.45) is 0 Å². The highest BCUT2D eigenvalue weighted by atomic mass is 32.1. The molecule has 106 valence electrons. The Labute approximate surface area is 126 Å². The average Bonchev–Trinajstić information content (AvgIpc) is 2.91. The topological polar surface area (TPSA) is 37.2 Å². The molecule has 3 aromatic rings. The number of fused-ring (bicyclic) bond motifs is 1. The second kappa shape index (κ2) is 5.63. The Bertz CT molecular complexity index is 813. The van der Waals surface area contributed by atoms with Gasteiger partial charge in [0, 0.05) is 22.8 Å². The van der Waals surface area contributed by atoms with E-state index in [-0.39, 0.29) is 10.8 Å². The number of hydrogen-bond acceptors (Lipinski definition) is 2. The number of rotatable bonds is 3. The summed E-state index contributed by atoms with van der Waals surface area (Å²) in [6.07, 6.45) is 1.91. The highest BCUT2D eigenvalue weighted by molar-refractivity contribution is 7.80. The molecule has 0 fully saturated rings. The van der Waals surface area contributed by atoms with Gasteiger partial charge in [0.2, 0.25) is 0 Å². The third-order valence-corrected chi connectivity index (χ3v) is 3.76. The lowest BCUT2D eigenvalue weighted by Gasteiger charge is -2.08. The van der Waals surface area contributed by atoms with Crippen molar-refractivity contribution in [1.82, 2.24) is 10.0 Å². The summed E-state index contributed by atoms with van der Waals surface area (Å²) in [5.74, 6) is -0.219. The minimum Gasteiger partial charge on any atom is -0.343 e. The zero-order chi connectivity index (χ0) is 14.8. The van der Waals surface area contributed by atoms with Crippen molar-refractivity contribution in [2.75, 3.05) is 0 Å². The molecule has 1 heterocycles. The van der Waals surface area contributed by atoms with Crippen molar-refractivity contribution in [3.05, 3.63) is 71.7 Å². The summed E-state index contributed by atoms with van der Waals surface area (Å²) in [6.45, 7) is 0.443. The molecule has 2 aromatic carbocycles. The van der Waals surface area contributed by atoms with Gasteiger partial charge in [0.25, 0.3) is 0 Å². The molecule has 1 aromatic heterocycles. The third-order valence-electron chi connectivity index (χ3n) is 3.44. The fraction of sp³-hybridized carbons (Fsp3) is 0.0625. The molecule has 0 radical (unpaired) electrons. The van der Waals surface area contributed by atoms with Gasteiger partial charge in [-0.15, -0.1) is 0 Å². The van der Waals surface area contributed by atoms with Gasteiger partial charge in [-0.05, 0) is 23.6 Å². The molecule has 0 unspecified atom stereocenters. The normalized spacial score (nSPS) is 10.8. The molecular formula is C16H13FN2OS. The fourth-order valence-electron chi connectivity index (χ4n) is 2.34. The third kappa shape index (κ3) is 2.66. The van der Waals surface area contributed by atoms with E-state index < -0.39 is 0 Å². The molecule has 0 saturated carbocycles. The van der Waals surface area contributed by atoms with E-state index >= 15 is 0 Å². The van der Waals surface area contributed by atoms with Crippen molar-refractivity contribution < 1.29 is 9.60 Å². The average molecular weight is 300 g/mol. The van der Waals surface area contributed by atoms with E-state index in [0.29, 0.717) is 17.7 Å². The van der Waals surface area contributed by atoms with Crippen LogP contribution in [0.4, 0.5) is 4.39 Å². The van der Waals surface area contributed by atoms with Crippen LogP contribution >= 0.6 is 12.2 Å². The number of thiocarbonyl (C=S) groups is 1. The van der Waals surface area contributed by atoms with Crippen molar-refractivity contribution in [2.45, 2.75) is 6.54 Å². The predicted octanol–water partition coefficient (Wildman–Crippen LogP) is 3.48. The van der Waals surface area contributed by atoms with Crippen LogP contribution in [0, 0.1) is 5.82 Å². The van der Waals surface area contributed by atoms with Crippen LogP contribution in [-0.4, -0.2) is 14.8 Å². The van der Waals surface area contributed by atoms with Gasteiger partial charge >= 0.3 is 0 Å². The first-order valence-corrected chi connectivity index (χ1v) is 6.86. The Morgan fingerprint density at radius 3 is 2.76 bits per heavy atom. The Balaban J connectivity index is 2.03. The van der Waals surface area contributed by atoms with Gasteiger partial charge in [-0.3, -0.25) is 10.7 Å². The second-order valence-corrected chi connectivity index (χ2v) is 5.16. The smallest absolute Gasteiger partial charge is 0.130 e. The summed E-state index contributed by atoms with van der Waals surface area (Å²) >= 11 is 5.02. The zero-order valence-corrected chi connectivity index (χ0v) is 11.9. The molecule has 0 aliphatic rings. The number of benzene rings is 2. The summed E-state index contributed by atoms with van der Waals surface area (Å²) in [5, 5.41) is 9.94. The zero-order valence-electron chi connectivity index (χ0n) is 11.1. The van der Waals surface area contributed by atoms with Crippen molar-refractivity contribution >= 4 is 28.1 Å².